The van der Waals surface area contributed by atoms with Gasteiger partial charge in [-0.2, -0.15) is 0 Å². The summed E-state index contributed by atoms with van der Waals surface area (Å²) in [6, 6.07) is 8.36. The molecule has 0 radical (unpaired) electrons. The second-order valence-corrected chi connectivity index (χ2v) is 10.7. The molecule has 1 saturated heterocycles. The van der Waals surface area contributed by atoms with Crippen LogP contribution in [0, 0.1) is 6.92 Å². The van der Waals surface area contributed by atoms with Gasteiger partial charge in [-0.3, -0.25) is 9.10 Å². The lowest BCUT2D eigenvalue weighted by Crippen LogP contribution is -2.25. The van der Waals surface area contributed by atoms with Gasteiger partial charge in [-0.1, -0.05) is 6.07 Å². The summed E-state index contributed by atoms with van der Waals surface area (Å²) in [4.78, 5) is 12.7. The third kappa shape index (κ3) is 3.97. The molecule has 0 spiro atoms. The number of nitrogens with one attached hydrogen (secondary N) is 1. The van der Waals surface area contributed by atoms with Crippen LogP contribution in [-0.4, -0.2) is 46.4 Å². The summed E-state index contributed by atoms with van der Waals surface area (Å²) in [5, 5.41) is 12.6. The van der Waals surface area contributed by atoms with Gasteiger partial charge in [0.25, 0.3) is 5.91 Å². The first-order valence-electron chi connectivity index (χ1n) is 8.44. The fourth-order valence-corrected chi connectivity index (χ4v) is 5.18. The third-order valence-electron chi connectivity index (χ3n) is 4.50. The fourth-order valence-electron chi connectivity index (χ4n) is 2.97. The van der Waals surface area contributed by atoms with Gasteiger partial charge in [-0.05, 0) is 49.2 Å². The summed E-state index contributed by atoms with van der Waals surface area (Å²) in [5.74, 6) is -0.794. The number of carbonyl (C=O) groups is 1. The van der Waals surface area contributed by atoms with Crippen molar-refractivity contribution in [2.24, 2.45) is 0 Å². The molecule has 2 aromatic carbocycles. The Morgan fingerprint density at radius 2 is 1.89 bits per heavy atom. The number of carbonyl (C=O) groups excluding carboxylic acids is 1. The van der Waals surface area contributed by atoms with E-state index in [9.17, 15) is 26.7 Å². The fraction of sp³-hybridized carbons (Fsp3) is 0.278. The number of sulfonamides is 1. The minimum Gasteiger partial charge on any atom is -0.506 e. The van der Waals surface area contributed by atoms with E-state index < -0.39 is 25.8 Å². The first kappa shape index (κ1) is 20.2. The SMILES string of the molecule is Cc1ccc(S(C)(=O)=O)cc1C(=O)Nc1cc(N2CCCS2(=O)=O)ccc1O. The summed E-state index contributed by atoms with van der Waals surface area (Å²) >= 11 is 0. The smallest absolute Gasteiger partial charge is 0.256 e. The minimum atomic E-state index is -3.49. The number of sulfone groups is 1. The summed E-state index contributed by atoms with van der Waals surface area (Å²) in [6.45, 7) is 1.99. The molecule has 2 aromatic rings. The normalized spacial score (nSPS) is 16.1. The van der Waals surface area contributed by atoms with Crippen LogP contribution in [0.3, 0.4) is 0 Å². The van der Waals surface area contributed by atoms with Crippen molar-refractivity contribution in [3.05, 3.63) is 47.5 Å². The van der Waals surface area contributed by atoms with Gasteiger partial charge < -0.3 is 10.4 Å². The highest BCUT2D eigenvalue weighted by Crippen LogP contribution is 2.32. The van der Waals surface area contributed by atoms with E-state index in [1.165, 1.54) is 40.7 Å². The van der Waals surface area contributed by atoms with Gasteiger partial charge in [0.1, 0.15) is 5.75 Å². The Morgan fingerprint density at radius 1 is 1.18 bits per heavy atom. The second-order valence-electron chi connectivity index (χ2n) is 6.65. The molecule has 0 aliphatic carbocycles. The number of amides is 1. The number of rotatable bonds is 4. The number of aromatic hydroxyl groups is 1. The molecule has 1 fully saturated rings. The average Bonchev–Trinajstić information content (AvgIpc) is 2.95. The quantitative estimate of drug-likeness (QED) is 0.723. The van der Waals surface area contributed by atoms with Crippen LogP contribution in [0.4, 0.5) is 11.4 Å². The van der Waals surface area contributed by atoms with Crippen molar-refractivity contribution in [3.63, 3.8) is 0 Å². The topological polar surface area (TPSA) is 121 Å². The molecular formula is C18H20N2O6S2. The predicted octanol–water partition coefficient (Wildman–Crippen LogP) is 1.90. The molecular weight excluding hydrogens is 404 g/mol. The Kier molecular flexibility index (Phi) is 5.11. The molecule has 2 N–H and O–H groups in total. The number of phenols is 1. The maximum atomic E-state index is 12.7. The molecule has 0 atom stereocenters. The molecule has 0 aromatic heterocycles. The van der Waals surface area contributed by atoms with Crippen LogP contribution in [0.15, 0.2) is 41.3 Å². The van der Waals surface area contributed by atoms with E-state index in [-0.39, 0.29) is 27.6 Å². The summed E-state index contributed by atoms with van der Waals surface area (Å²) < 4.78 is 48.9. The summed E-state index contributed by atoms with van der Waals surface area (Å²) in [7, 11) is -6.90. The minimum absolute atomic E-state index is 0.00406. The van der Waals surface area contributed by atoms with Crippen LogP contribution in [-0.2, 0) is 19.9 Å². The lowest BCUT2D eigenvalue weighted by Gasteiger charge is -2.18. The van der Waals surface area contributed by atoms with E-state index in [1.54, 1.807) is 6.92 Å². The van der Waals surface area contributed by atoms with E-state index in [4.69, 9.17) is 0 Å². The van der Waals surface area contributed by atoms with Gasteiger partial charge in [0.15, 0.2) is 9.84 Å². The van der Waals surface area contributed by atoms with Gasteiger partial charge in [0, 0.05) is 18.4 Å². The molecule has 1 aliphatic rings. The lowest BCUT2D eigenvalue weighted by molar-refractivity contribution is 0.102. The van der Waals surface area contributed by atoms with Crippen molar-refractivity contribution in [2.45, 2.75) is 18.2 Å². The zero-order valence-corrected chi connectivity index (χ0v) is 17.0. The molecule has 0 saturated carbocycles. The Hall–Kier alpha value is -2.59. The number of benzene rings is 2. The first-order valence-corrected chi connectivity index (χ1v) is 11.9. The number of hydrogen-bond donors (Lipinski definition) is 2. The standard InChI is InChI=1S/C18H20N2O6S2/c1-12-4-6-14(27(2,23)24)11-15(12)18(22)19-16-10-13(5-7-17(16)21)20-8-3-9-28(20,25)26/h4-7,10-11,21H,3,8-9H2,1-2H3,(H,19,22). The molecule has 150 valence electrons. The number of phenolic OH excluding ortho intramolecular Hbond substituents is 1. The third-order valence-corrected chi connectivity index (χ3v) is 7.48. The maximum absolute atomic E-state index is 12.7. The zero-order valence-electron chi connectivity index (χ0n) is 15.3. The van der Waals surface area contributed by atoms with E-state index in [0.29, 0.717) is 24.2 Å². The molecule has 8 nitrogen and oxygen atoms in total. The van der Waals surface area contributed by atoms with Gasteiger partial charge in [0.05, 0.1) is 22.0 Å². The van der Waals surface area contributed by atoms with E-state index >= 15 is 0 Å². The van der Waals surface area contributed by atoms with Crippen molar-refractivity contribution in [1.29, 1.82) is 0 Å². The van der Waals surface area contributed by atoms with E-state index in [2.05, 4.69) is 5.32 Å². The number of hydrogen-bond acceptors (Lipinski definition) is 6. The number of anilines is 2. The lowest BCUT2D eigenvalue weighted by atomic mass is 10.1. The average molecular weight is 425 g/mol. The van der Waals surface area contributed by atoms with Gasteiger partial charge >= 0.3 is 0 Å². The first-order chi connectivity index (χ1) is 13.0. The van der Waals surface area contributed by atoms with Gasteiger partial charge in [-0.15, -0.1) is 0 Å². The molecule has 28 heavy (non-hydrogen) atoms. The highest BCUT2D eigenvalue weighted by molar-refractivity contribution is 7.93. The molecule has 1 heterocycles. The van der Waals surface area contributed by atoms with E-state index in [0.717, 1.165) is 6.26 Å². The van der Waals surface area contributed by atoms with Crippen molar-refractivity contribution in [3.8, 4) is 5.75 Å². The predicted molar refractivity (Wildman–Crippen MR) is 106 cm³/mol. The molecule has 0 bridgehead atoms. The largest absolute Gasteiger partial charge is 0.506 e. The summed E-state index contributed by atoms with van der Waals surface area (Å²) in [5.41, 5.74) is 1.07. The molecule has 0 unspecified atom stereocenters. The van der Waals surface area contributed by atoms with Crippen molar-refractivity contribution >= 4 is 37.1 Å². The molecule has 1 amide bonds. The van der Waals surface area contributed by atoms with Crippen LogP contribution in [0.1, 0.15) is 22.3 Å². The van der Waals surface area contributed by atoms with Crippen molar-refractivity contribution in [1.82, 2.24) is 0 Å². The van der Waals surface area contributed by atoms with Crippen LogP contribution >= 0.6 is 0 Å². The molecule has 10 heteroatoms. The number of nitrogens with zero attached hydrogens (tertiary/aromatic N) is 1. The second kappa shape index (κ2) is 7.10. The Morgan fingerprint density at radius 3 is 2.50 bits per heavy atom. The maximum Gasteiger partial charge on any atom is 0.256 e. The van der Waals surface area contributed by atoms with Crippen LogP contribution in [0.5, 0.6) is 5.75 Å². The Labute approximate surface area is 163 Å². The Balaban J connectivity index is 1.94. The van der Waals surface area contributed by atoms with Gasteiger partial charge in [0.2, 0.25) is 10.0 Å². The zero-order chi connectivity index (χ0) is 20.7. The van der Waals surface area contributed by atoms with Crippen molar-refractivity contribution in [2.75, 3.05) is 28.2 Å². The molecule has 1 aliphatic heterocycles. The van der Waals surface area contributed by atoms with Crippen LogP contribution in [0.25, 0.3) is 0 Å². The highest BCUT2D eigenvalue weighted by Gasteiger charge is 2.29. The van der Waals surface area contributed by atoms with Gasteiger partial charge in [-0.25, -0.2) is 16.8 Å². The summed E-state index contributed by atoms with van der Waals surface area (Å²) in [6.07, 6.45) is 1.55. The highest BCUT2D eigenvalue weighted by atomic mass is 32.2. The molecule has 3 rings (SSSR count). The Bertz CT molecular complexity index is 1160. The van der Waals surface area contributed by atoms with E-state index in [1.807, 2.05) is 0 Å². The monoisotopic (exact) mass is 424 g/mol. The van der Waals surface area contributed by atoms with Crippen molar-refractivity contribution < 1.29 is 26.7 Å². The number of aryl methyl sites for hydroxylation is 1. The van der Waals surface area contributed by atoms with Crippen LogP contribution < -0.4 is 9.62 Å². The van der Waals surface area contributed by atoms with Crippen LogP contribution in [0.2, 0.25) is 0 Å².